The van der Waals surface area contributed by atoms with Gasteiger partial charge in [0.25, 0.3) is 5.91 Å². The number of methoxy groups -OCH3 is 2. The van der Waals surface area contributed by atoms with Gasteiger partial charge in [-0.05, 0) is 43.7 Å². The number of aromatic nitrogens is 1. The summed E-state index contributed by atoms with van der Waals surface area (Å²) in [5.41, 5.74) is 11.0. The number of amides is 1. The van der Waals surface area contributed by atoms with Gasteiger partial charge in [-0.25, -0.2) is 0 Å². The Kier molecular flexibility index (Phi) is 5.21. The standard InChI is InChI=1S/C22H24N2O3/c1-14-6-5-7-16(10-14)13-24-15(2)18(22(23)25)12-20(24)19-11-17(26-3)8-9-21(19)27-4/h5-12H,13H2,1-4H3,(H2,23,25). The third-order valence-electron chi connectivity index (χ3n) is 4.74. The van der Waals surface area contributed by atoms with Crippen LogP contribution in [0.4, 0.5) is 0 Å². The van der Waals surface area contributed by atoms with E-state index in [4.69, 9.17) is 15.2 Å². The van der Waals surface area contributed by atoms with Crippen LogP contribution in [0.5, 0.6) is 11.5 Å². The van der Waals surface area contributed by atoms with Crippen molar-refractivity contribution >= 4 is 5.91 Å². The molecule has 0 saturated carbocycles. The van der Waals surface area contributed by atoms with Gasteiger partial charge in [0.15, 0.2) is 0 Å². The SMILES string of the molecule is COc1ccc(OC)c(-c2cc(C(N)=O)c(C)n2Cc2cccc(C)c2)c1. The van der Waals surface area contributed by atoms with Gasteiger partial charge in [-0.1, -0.05) is 29.8 Å². The van der Waals surface area contributed by atoms with Crippen molar-refractivity contribution in [1.29, 1.82) is 0 Å². The molecular weight excluding hydrogens is 340 g/mol. The van der Waals surface area contributed by atoms with Crippen molar-refractivity contribution in [1.82, 2.24) is 4.57 Å². The molecule has 27 heavy (non-hydrogen) atoms. The molecule has 3 rings (SSSR count). The normalized spacial score (nSPS) is 10.7. The number of primary amides is 1. The Morgan fingerprint density at radius 1 is 1.04 bits per heavy atom. The predicted octanol–water partition coefficient (Wildman–Crippen LogP) is 3.94. The van der Waals surface area contributed by atoms with Crippen LogP contribution in [0.1, 0.15) is 27.2 Å². The minimum absolute atomic E-state index is 0.446. The first-order chi connectivity index (χ1) is 12.9. The van der Waals surface area contributed by atoms with Crippen molar-refractivity contribution in [2.75, 3.05) is 14.2 Å². The van der Waals surface area contributed by atoms with Gasteiger partial charge in [-0.3, -0.25) is 4.79 Å². The number of hydrogen-bond acceptors (Lipinski definition) is 3. The summed E-state index contributed by atoms with van der Waals surface area (Å²) in [7, 11) is 3.25. The first-order valence-electron chi connectivity index (χ1n) is 8.72. The van der Waals surface area contributed by atoms with Gasteiger partial charge in [0.1, 0.15) is 11.5 Å². The predicted molar refractivity (Wildman–Crippen MR) is 107 cm³/mol. The third kappa shape index (κ3) is 3.67. The zero-order valence-corrected chi connectivity index (χ0v) is 16.1. The molecule has 1 heterocycles. The highest BCUT2D eigenvalue weighted by atomic mass is 16.5. The first-order valence-corrected chi connectivity index (χ1v) is 8.72. The molecule has 0 fully saturated rings. The maximum atomic E-state index is 12.0. The molecule has 2 aromatic carbocycles. The molecule has 0 atom stereocenters. The van der Waals surface area contributed by atoms with E-state index in [2.05, 4.69) is 29.7 Å². The Balaban J connectivity index is 2.20. The van der Waals surface area contributed by atoms with Crippen LogP contribution in [0.25, 0.3) is 11.3 Å². The van der Waals surface area contributed by atoms with E-state index >= 15 is 0 Å². The number of benzene rings is 2. The molecule has 5 heteroatoms. The summed E-state index contributed by atoms with van der Waals surface area (Å²) in [5.74, 6) is 0.973. The summed E-state index contributed by atoms with van der Waals surface area (Å²) < 4.78 is 13.0. The Hall–Kier alpha value is -3.21. The highest BCUT2D eigenvalue weighted by Crippen LogP contribution is 2.36. The minimum atomic E-state index is -0.446. The average Bonchev–Trinajstić information content (AvgIpc) is 2.98. The van der Waals surface area contributed by atoms with Crippen molar-refractivity contribution in [2.24, 2.45) is 5.73 Å². The quantitative estimate of drug-likeness (QED) is 0.720. The second kappa shape index (κ2) is 7.58. The number of carbonyl (C=O) groups excluding carboxylic acids is 1. The van der Waals surface area contributed by atoms with Gasteiger partial charge in [0.05, 0.1) is 25.5 Å². The van der Waals surface area contributed by atoms with Gasteiger partial charge in [-0.2, -0.15) is 0 Å². The lowest BCUT2D eigenvalue weighted by Gasteiger charge is -2.16. The highest BCUT2D eigenvalue weighted by Gasteiger charge is 2.20. The minimum Gasteiger partial charge on any atom is -0.497 e. The van der Waals surface area contributed by atoms with E-state index in [1.165, 1.54) is 5.56 Å². The van der Waals surface area contributed by atoms with Crippen LogP contribution >= 0.6 is 0 Å². The van der Waals surface area contributed by atoms with Crippen LogP contribution in [0.15, 0.2) is 48.5 Å². The monoisotopic (exact) mass is 364 g/mol. The van der Waals surface area contributed by atoms with E-state index in [-0.39, 0.29) is 0 Å². The first kappa shape index (κ1) is 18.6. The molecule has 2 N–H and O–H groups in total. The lowest BCUT2D eigenvalue weighted by Crippen LogP contribution is -2.12. The number of hydrogen-bond donors (Lipinski definition) is 1. The summed E-state index contributed by atoms with van der Waals surface area (Å²) in [6.45, 7) is 4.59. The number of nitrogens with zero attached hydrogens (tertiary/aromatic N) is 1. The molecular formula is C22H24N2O3. The zero-order valence-electron chi connectivity index (χ0n) is 16.1. The van der Waals surface area contributed by atoms with E-state index in [1.54, 1.807) is 14.2 Å². The topological polar surface area (TPSA) is 66.5 Å². The molecule has 3 aromatic rings. The van der Waals surface area contributed by atoms with E-state index in [0.717, 1.165) is 22.5 Å². The molecule has 1 aromatic heterocycles. The lowest BCUT2D eigenvalue weighted by molar-refractivity contribution is 0.0999. The van der Waals surface area contributed by atoms with Gasteiger partial charge in [0, 0.05) is 17.8 Å². The number of ether oxygens (including phenoxy) is 2. The molecule has 0 aliphatic carbocycles. The number of rotatable bonds is 6. The van der Waals surface area contributed by atoms with Crippen LogP contribution < -0.4 is 15.2 Å². The Bertz CT molecular complexity index is 989. The molecule has 0 spiro atoms. The van der Waals surface area contributed by atoms with Gasteiger partial charge in [-0.15, -0.1) is 0 Å². The molecule has 0 radical (unpaired) electrons. The summed E-state index contributed by atoms with van der Waals surface area (Å²) >= 11 is 0. The summed E-state index contributed by atoms with van der Waals surface area (Å²) in [4.78, 5) is 12.0. The molecule has 0 aliphatic heterocycles. The molecule has 5 nitrogen and oxygen atoms in total. The van der Waals surface area contributed by atoms with Gasteiger partial charge < -0.3 is 19.8 Å². The molecule has 0 aliphatic rings. The van der Waals surface area contributed by atoms with Crippen LogP contribution in [0.3, 0.4) is 0 Å². The smallest absolute Gasteiger partial charge is 0.250 e. The third-order valence-corrected chi connectivity index (χ3v) is 4.74. The fourth-order valence-electron chi connectivity index (χ4n) is 3.33. The average molecular weight is 364 g/mol. The van der Waals surface area contributed by atoms with Gasteiger partial charge >= 0.3 is 0 Å². The number of aryl methyl sites for hydroxylation is 1. The molecule has 140 valence electrons. The van der Waals surface area contributed by atoms with Crippen molar-refractivity contribution < 1.29 is 14.3 Å². The van der Waals surface area contributed by atoms with E-state index < -0.39 is 5.91 Å². The van der Waals surface area contributed by atoms with Gasteiger partial charge in [0.2, 0.25) is 0 Å². The Labute approximate surface area is 159 Å². The second-order valence-electron chi connectivity index (χ2n) is 6.53. The zero-order chi connectivity index (χ0) is 19.6. The Morgan fingerprint density at radius 3 is 2.44 bits per heavy atom. The summed E-state index contributed by atoms with van der Waals surface area (Å²) in [6, 6.07) is 15.7. The van der Waals surface area contributed by atoms with Crippen LogP contribution in [-0.4, -0.2) is 24.7 Å². The number of nitrogens with two attached hydrogens (primary N) is 1. The molecule has 1 amide bonds. The Morgan fingerprint density at radius 2 is 1.81 bits per heavy atom. The van der Waals surface area contributed by atoms with Crippen LogP contribution in [0, 0.1) is 13.8 Å². The molecule has 0 unspecified atom stereocenters. The van der Waals surface area contributed by atoms with Crippen molar-refractivity contribution in [3.63, 3.8) is 0 Å². The van der Waals surface area contributed by atoms with Crippen molar-refractivity contribution in [3.8, 4) is 22.8 Å². The highest BCUT2D eigenvalue weighted by molar-refractivity contribution is 5.96. The van der Waals surface area contributed by atoms with Crippen LogP contribution in [0.2, 0.25) is 0 Å². The maximum absolute atomic E-state index is 12.0. The van der Waals surface area contributed by atoms with E-state index in [9.17, 15) is 4.79 Å². The lowest BCUT2D eigenvalue weighted by atomic mass is 10.1. The summed E-state index contributed by atoms with van der Waals surface area (Å²) in [5, 5.41) is 0. The second-order valence-corrected chi connectivity index (χ2v) is 6.53. The largest absolute Gasteiger partial charge is 0.497 e. The molecule has 0 bridgehead atoms. The molecule has 0 saturated heterocycles. The fourth-order valence-corrected chi connectivity index (χ4v) is 3.33. The summed E-state index contributed by atoms with van der Waals surface area (Å²) in [6.07, 6.45) is 0. The van der Waals surface area contributed by atoms with Crippen LogP contribution in [-0.2, 0) is 6.54 Å². The maximum Gasteiger partial charge on any atom is 0.250 e. The fraction of sp³-hybridized carbons (Fsp3) is 0.227. The van der Waals surface area contributed by atoms with Crippen molar-refractivity contribution in [2.45, 2.75) is 20.4 Å². The number of carbonyl (C=O) groups is 1. The van der Waals surface area contributed by atoms with E-state index in [1.807, 2.05) is 37.3 Å². The van der Waals surface area contributed by atoms with Crippen molar-refractivity contribution in [3.05, 3.63) is 70.9 Å². The van der Waals surface area contributed by atoms with E-state index in [0.29, 0.717) is 23.6 Å².